The second-order valence-electron chi connectivity index (χ2n) is 4.86. The van der Waals surface area contributed by atoms with E-state index >= 15 is 0 Å². The molecule has 4 nitrogen and oxygen atoms in total. The molecule has 3 rings (SSSR count). The van der Waals surface area contributed by atoms with Gasteiger partial charge in [0.15, 0.2) is 0 Å². The Morgan fingerprint density at radius 2 is 1.89 bits per heavy atom. The fraction of sp³-hybridized carbons (Fsp3) is 0.400. The van der Waals surface area contributed by atoms with E-state index in [0.29, 0.717) is 0 Å². The number of hydrogen-bond acceptors (Lipinski definition) is 3. The van der Waals surface area contributed by atoms with E-state index in [1.807, 2.05) is 12.4 Å². The maximum Gasteiger partial charge on any atom is 0.130 e. The lowest BCUT2D eigenvalue weighted by atomic mass is 10.0. The second kappa shape index (κ2) is 5.55. The Kier molecular flexibility index (Phi) is 3.62. The SMILES string of the molecule is Cn1ccnc1C(c1ccccc1)N1CCOCC1. The molecule has 0 N–H and O–H groups in total. The van der Waals surface area contributed by atoms with E-state index in [9.17, 15) is 0 Å². The zero-order valence-corrected chi connectivity index (χ0v) is 11.2. The average Bonchev–Trinajstić information content (AvgIpc) is 2.88. The largest absolute Gasteiger partial charge is 0.379 e. The Hall–Kier alpha value is -1.65. The number of morpholine rings is 1. The van der Waals surface area contributed by atoms with Gasteiger partial charge in [0.2, 0.25) is 0 Å². The van der Waals surface area contributed by atoms with Crippen LogP contribution >= 0.6 is 0 Å². The van der Waals surface area contributed by atoms with Gasteiger partial charge in [0.25, 0.3) is 0 Å². The van der Waals surface area contributed by atoms with Gasteiger partial charge in [-0.05, 0) is 5.56 Å². The quantitative estimate of drug-likeness (QED) is 0.840. The molecule has 0 radical (unpaired) electrons. The first-order valence-corrected chi connectivity index (χ1v) is 6.70. The van der Waals surface area contributed by atoms with Gasteiger partial charge in [0, 0.05) is 32.5 Å². The lowest BCUT2D eigenvalue weighted by Crippen LogP contribution is -2.40. The molecule has 0 aliphatic carbocycles. The van der Waals surface area contributed by atoms with Crippen molar-refractivity contribution in [2.45, 2.75) is 6.04 Å². The van der Waals surface area contributed by atoms with Crippen LogP contribution in [0.2, 0.25) is 0 Å². The van der Waals surface area contributed by atoms with Crippen molar-refractivity contribution in [1.29, 1.82) is 0 Å². The Balaban J connectivity index is 1.98. The third-order valence-corrected chi connectivity index (χ3v) is 3.63. The third-order valence-electron chi connectivity index (χ3n) is 3.63. The first-order chi connectivity index (χ1) is 9.36. The van der Waals surface area contributed by atoms with Crippen LogP contribution in [0.3, 0.4) is 0 Å². The summed E-state index contributed by atoms with van der Waals surface area (Å²) in [6.45, 7) is 3.50. The number of rotatable bonds is 3. The average molecular weight is 257 g/mol. The van der Waals surface area contributed by atoms with Crippen LogP contribution in [-0.2, 0) is 11.8 Å². The first-order valence-electron chi connectivity index (χ1n) is 6.70. The molecule has 100 valence electrons. The molecule has 2 heterocycles. The molecule has 2 aromatic rings. The summed E-state index contributed by atoms with van der Waals surface area (Å²) < 4.78 is 7.57. The first kappa shape index (κ1) is 12.4. The summed E-state index contributed by atoms with van der Waals surface area (Å²) >= 11 is 0. The molecule has 1 atom stereocenters. The van der Waals surface area contributed by atoms with E-state index in [4.69, 9.17) is 4.74 Å². The molecule has 19 heavy (non-hydrogen) atoms. The second-order valence-corrected chi connectivity index (χ2v) is 4.86. The highest BCUT2D eigenvalue weighted by Crippen LogP contribution is 2.27. The lowest BCUT2D eigenvalue weighted by Gasteiger charge is -2.34. The summed E-state index contributed by atoms with van der Waals surface area (Å²) in [6, 6.07) is 10.8. The van der Waals surface area contributed by atoms with Gasteiger partial charge in [-0.1, -0.05) is 30.3 Å². The van der Waals surface area contributed by atoms with Crippen molar-refractivity contribution in [2.75, 3.05) is 26.3 Å². The van der Waals surface area contributed by atoms with E-state index in [1.54, 1.807) is 0 Å². The van der Waals surface area contributed by atoms with Gasteiger partial charge in [-0.15, -0.1) is 0 Å². The van der Waals surface area contributed by atoms with Gasteiger partial charge in [-0.25, -0.2) is 4.98 Å². The molecule has 1 aliphatic rings. The molecular weight excluding hydrogens is 238 g/mol. The molecule has 1 aliphatic heterocycles. The maximum absolute atomic E-state index is 5.46. The van der Waals surface area contributed by atoms with Crippen molar-refractivity contribution in [3.63, 3.8) is 0 Å². The van der Waals surface area contributed by atoms with Gasteiger partial charge in [0.1, 0.15) is 5.82 Å². The van der Waals surface area contributed by atoms with Gasteiger partial charge in [0.05, 0.1) is 19.3 Å². The summed E-state index contributed by atoms with van der Waals surface area (Å²) in [5, 5.41) is 0. The predicted octanol–water partition coefficient (Wildman–Crippen LogP) is 1.84. The van der Waals surface area contributed by atoms with Crippen molar-refractivity contribution in [3.05, 3.63) is 54.1 Å². The Morgan fingerprint density at radius 3 is 2.53 bits per heavy atom. The Morgan fingerprint density at radius 1 is 1.16 bits per heavy atom. The van der Waals surface area contributed by atoms with Crippen molar-refractivity contribution >= 4 is 0 Å². The highest BCUT2D eigenvalue weighted by atomic mass is 16.5. The number of ether oxygens (including phenoxy) is 1. The standard InChI is InChI=1S/C15H19N3O/c1-17-8-7-16-15(17)14(13-5-3-2-4-6-13)18-9-11-19-12-10-18/h2-8,14H,9-12H2,1H3. The summed E-state index contributed by atoms with van der Waals surface area (Å²) in [7, 11) is 2.05. The van der Waals surface area contributed by atoms with Gasteiger partial charge in [-0.3, -0.25) is 4.90 Å². The van der Waals surface area contributed by atoms with Crippen LogP contribution in [0.15, 0.2) is 42.7 Å². The van der Waals surface area contributed by atoms with E-state index in [-0.39, 0.29) is 6.04 Å². The minimum absolute atomic E-state index is 0.213. The number of aromatic nitrogens is 2. The number of imidazole rings is 1. The van der Waals surface area contributed by atoms with Crippen molar-refractivity contribution < 1.29 is 4.74 Å². The smallest absolute Gasteiger partial charge is 0.130 e. The highest BCUT2D eigenvalue weighted by molar-refractivity contribution is 5.25. The zero-order valence-electron chi connectivity index (χ0n) is 11.2. The number of hydrogen-bond donors (Lipinski definition) is 0. The summed E-state index contributed by atoms with van der Waals surface area (Å²) in [4.78, 5) is 6.99. The molecule has 0 bridgehead atoms. The molecule has 1 aromatic carbocycles. The molecule has 0 spiro atoms. The summed E-state index contributed by atoms with van der Waals surface area (Å²) in [5.41, 5.74) is 1.29. The molecule has 1 unspecified atom stereocenters. The number of aryl methyl sites for hydroxylation is 1. The molecule has 0 saturated carbocycles. The van der Waals surface area contributed by atoms with E-state index in [1.165, 1.54) is 5.56 Å². The molecule has 1 saturated heterocycles. The van der Waals surface area contributed by atoms with Crippen LogP contribution < -0.4 is 0 Å². The van der Waals surface area contributed by atoms with Crippen LogP contribution in [0.25, 0.3) is 0 Å². The van der Waals surface area contributed by atoms with Crippen molar-refractivity contribution in [3.8, 4) is 0 Å². The molecule has 4 heteroatoms. The maximum atomic E-state index is 5.46. The minimum Gasteiger partial charge on any atom is -0.379 e. The third kappa shape index (κ3) is 2.55. The van der Waals surface area contributed by atoms with Gasteiger partial charge < -0.3 is 9.30 Å². The van der Waals surface area contributed by atoms with E-state index in [2.05, 4.69) is 51.8 Å². The molecule has 1 fully saturated rings. The zero-order chi connectivity index (χ0) is 13.1. The fourth-order valence-electron chi connectivity index (χ4n) is 2.63. The van der Waals surface area contributed by atoms with Crippen LogP contribution in [0.5, 0.6) is 0 Å². The van der Waals surface area contributed by atoms with Crippen LogP contribution in [0, 0.1) is 0 Å². The van der Waals surface area contributed by atoms with Crippen molar-refractivity contribution in [2.24, 2.45) is 7.05 Å². The van der Waals surface area contributed by atoms with E-state index < -0.39 is 0 Å². The van der Waals surface area contributed by atoms with Crippen LogP contribution in [0.1, 0.15) is 17.4 Å². The van der Waals surface area contributed by atoms with E-state index in [0.717, 1.165) is 32.1 Å². The monoisotopic (exact) mass is 257 g/mol. The summed E-state index contributed by atoms with van der Waals surface area (Å²) in [6.07, 6.45) is 3.87. The van der Waals surface area contributed by atoms with Crippen molar-refractivity contribution in [1.82, 2.24) is 14.5 Å². The minimum atomic E-state index is 0.213. The number of benzene rings is 1. The van der Waals surface area contributed by atoms with Crippen LogP contribution in [-0.4, -0.2) is 40.8 Å². The Labute approximate surface area is 113 Å². The predicted molar refractivity (Wildman–Crippen MR) is 73.9 cm³/mol. The topological polar surface area (TPSA) is 30.3 Å². The van der Waals surface area contributed by atoms with Gasteiger partial charge in [-0.2, -0.15) is 0 Å². The summed E-state index contributed by atoms with van der Waals surface area (Å²) in [5.74, 6) is 1.09. The molecule has 0 amide bonds. The fourth-order valence-corrected chi connectivity index (χ4v) is 2.63. The lowest BCUT2D eigenvalue weighted by molar-refractivity contribution is 0.0220. The highest BCUT2D eigenvalue weighted by Gasteiger charge is 2.26. The number of nitrogens with zero attached hydrogens (tertiary/aromatic N) is 3. The molecular formula is C15H19N3O. The van der Waals surface area contributed by atoms with Crippen LogP contribution in [0.4, 0.5) is 0 Å². The molecule has 1 aromatic heterocycles. The normalized spacial score (nSPS) is 18.4. The Bertz CT molecular complexity index is 517. The van der Waals surface area contributed by atoms with Gasteiger partial charge >= 0.3 is 0 Å².